The Morgan fingerprint density at radius 1 is 1.03 bits per heavy atom. The van der Waals surface area contributed by atoms with Crippen LogP contribution in [0.15, 0.2) is 63.9 Å². The Morgan fingerprint density at radius 2 is 1.72 bits per heavy atom. The van der Waals surface area contributed by atoms with E-state index in [4.69, 9.17) is 45.0 Å². The van der Waals surface area contributed by atoms with Gasteiger partial charge in [0.05, 0.1) is 9.92 Å². The van der Waals surface area contributed by atoms with Crippen molar-refractivity contribution in [1.29, 1.82) is 0 Å². The molecule has 11 heteroatoms. The molecule has 3 aromatic rings. The van der Waals surface area contributed by atoms with Crippen molar-refractivity contribution < 1.29 is 17.6 Å². The van der Waals surface area contributed by atoms with Gasteiger partial charge < -0.3 is 9.73 Å². The number of anilines is 1. The van der Waals surface area contributed by atoms with E-state index in [-0.39, 0.29) is 15.8 Å². The van der Waals surface area contributed by atoms with Crippen molar-refractivity contribution in [3.05, 3.63) is 70.4 Å². The Kier molecular flexibility index (Phi) is 6.25. The molecule has 0 bridgehead atoms. The second-order valence-electron chi connectivity index (χ2n) is 5.77. The maximum atomic E-state index is 12.3. The highest BCUT2D eigenvalue weighted by atomic mass is 35.5. The summed E-state index contributed by atoms with van der Waals surface area (Å²) in [5, 5.41) is 11.1. The topological polar surface area (TPSA) is 114 Å². The van der Waals surface area contributed by atoms with E-state index in [0.717, 1.165) is 0 Å². The van der Waals surface area contributed by atoms with Crippen LogP contribution in [0.25, 0.3) is 11.3 Å². The van der Waals surface area contributed by atoms with Crippen molar-refractivity contribution in [1.82, 2.24) is 5.32 Å². The molecular formula is C18H13Cl2N3O4S2. The molecule has 0 saturated carbocycles. The van der Waals surface area contributed by atoms with E-state index in [0.29, 0.717) is 27.1 Å². The van der Waals surface area contributed by atoms with Crippen molar-refractivity contribution in [3.63, 3.8) is 0 Å². The van der Waals surface area contributed by atoms with Gasteiger partial charge in [-0.1, -0.05) is 23.2 Å². The van der Waals surface area contributed by atoms with Crippen molar-refractivity contribution in [2.45, 2.75) is 4.90 Å². The van der Waals surface area contributed by atoms with E-state index in [1.165, 1.54) is 30.3 Å². The summed E-state index contributed by atoms with van der Waals surface area (Å²) in [6.45, 7) is 0. The highest BCUT2D eigenvalue weighted by molar-refractivity contribution is 7.89. The number of amides is 1. The third-order valence-electron chi connectivity index (χ3n) is 3.69. The summed E-state index contributed by atoms with van der Waals surface area (Å²) in [5.41, 5.74) is 1.06. The summed E-state index contributed by atoms with van der Waals surface area (Å²) in [6.07, 6.45) is 0. The number of sulfonamides is 1. The Balaban J connectivity index is 1.66. The largest absolute Gasteiger partial charge is 0.451 e. The van der Waals surface area contributed by atoms with Gasteiger partial charge in [-0.3, -0.25) is 10.1 Å². The summed E-state index contributed by atoms with van der Waals surface area (Å²) >= 11 is 17.1. The van der Waals surface area contributed by atoms with E-state index < -0.39 is 15.9 Å². The lowest BCUT2D eigenvalue weighted by Gasteiger charge is -2.09. The zero-order valence-electron chi connectivity index (χ0n) is 14.5. The average Bonchev–Trinajstić information content (AvgIpc) is 3.11. The zero-order chi connectivity index (χ0) is 21.2. The number of nitrogens with two attached hydrogens (primary N) is 1. The fourth-order valence-electron chi connectivity index (χ4n) is 2.35. The van der Waals surface area contributed by atoms with Gasteiger partial charge in [-0.2, -0.15) is 0 Å². The third kappa shape index (κ3) is 5.34. The quantitative estimate of drug-likeness (QED) is 0.496. The smallest absolute Gasteiger partial charge is 0.293 e. The number of carbonyl (C=O) groups is 1. The van der Waals surface area contributed by atoms with E-state index in [1.54, 1.807) is 24.3 Å². The first-order valence-electron chi connectivity index (χ1n) is 7.94. The second kappa shape index (κ2) is 8.52. The molecule has 0 aliphatic carbocycles. The van der Waals surface area contributed by atoms with Gasteiger partial charge in [0.2, 0.25) is 10.0 Å². The van der Waals surface area contributed by atoms with Crippen LogP contribution in [0.5, 0.6) is 0 Å². The molecule has 1 amide bonds. The van der Waals surface area contributed by atoms with Crippen LogP contribution in [0.3, 0.4) is 0 Å². The first-order valence-corrected chi connectivity index (χ1v) is 10.6. The number of nitrogens with one attached hydrogen (secondary N) is 2. The van der Waals surface area contributed by atoms with E-state index in [1.807, 2.05) is 0 Å². The minimum Gasteiger partial charge on any atom is -0.451 e. The van der Waals surface area contributed by atoms with Crippen LogP contribution < -0.4 is 15.8 Å². The molecule has 2 aromatic carbocycles. The molecule has 7 nitrogen and oxygen atoms in total. The van der Waals surface area contributed by atoms with E-state index >= 15 is 0 Å². The van der Waals surface area contributed by atoms with Gasteiger partial charge in [0.1, 0.15) is 5.76 Å². The number of hydrogen-bond donors (Lipinski definition) is 3. The molecule has 4 N–H and O–H groups in total. The lowest BCUT2D eigenvalue weighted by atomic mass is 10.2. The fraction of sp³-hybridized carbons (Fsp3) is 0. The van der Waals surface area contributed by atoms with Crippen LogP contribution in [0.2, 0.25) is 10.0 Å². The summed E-state index contributed by atoms with van der Waals surface area (Å²) in [6, 6.07) is 13.6. The van der Waals surface area contributed by atoms with Crippen molar-refractivity contribution in [2.24, 2.45) is 5.14 Å². The van der Waals surface area contributed by atoms with Crippen molar-refractivity contribution >= 4 is 62.2 Å². The molecule has 29 heavy (non-hydrogen) atoms. The van der Waals surface area contributed by atoms with Crippen LogP contribution in [-0.2, 0) is 10.0 Å². The Hall–Kier alpha value is -2.43. The van der Waals surface area contributed by atoms with Gasteiger partial charge in [-0.25, -0.2) is 13.6 Å². The molecule has 1 heterocycles. The molecule has 0 unspecified atom stereocenters. The lowest BCUT2D eigenvalue weighted by Crippen LogP contribution is -2.33. The number of primary sulfonamides is 1. The number of rotatable bonds is 4. The summed E-state index contributed by atoms with van der Waals surface area (Å²) in [4.78, 5) is 12.3. The monoisotopic (exact) mass is 469 g/mol. The predicted molar refractivity (Wildman–Crippen MR) is 116 cm³/mol. The number of halogens is 2. The van der Waals surface area contributed by atoms with Crippen molar-refractivity contribution in [3.8, 4) is 11.3 Å². The molecule has 150 valence electrons. The van der Waals surface area contributed by atoms with Gasteiger partial charge in [0.15, 0.2) is 10.9 Å². The second-order valence-corrected chi connectivity index (χ2v) is 8.58. The number of carbonyl (C=O) groups excluding carboxylic acids is 1. The Labute approximate surface area is 181 Å². The Morgan fingerprint density at radius 3 is 2.34 bits per heavy atom. The van der Waals surface area contributed by atoms with Gasteiger partial charge in [-0.15, -0.1) is 0 Å². The molecule has 1 aromatic heterocycles. The normalized spacial score (nSPS) is 11.1. The average molecular weight is 470 g/mol. The zero-order valence-corrected chi connectivity index (χ0v) is 17.6. The van der Waals surface area contributed by atoms with Crippen LogP contribution in [0.4, 0.5) is 5.69 Å². The Bertz CT molecular complexity index is 1190. The van der Waals surface area contributed by atoms with Crippen LogP contribution in [0.1, 0.15) is 10.6 Å². The van der Waals surface area contributed by atoms with Crippen LogP contribution in [0, 0.1) is 0 Å². The van der Waals surface area contributed by atoms with E-state index in [2.05, 4.69) is 10.6 Å². The van der Waals surface area contributed by atoms with Gasteiger partial charge >= 0.3 is 0 Å². The minimum absolute atomic E-state index is 0.000769. The molecule has 0 fully saturated rings. The first kappa shape index (κ1) is 21.3. The van der Waals surface area contributed by atoms with Gasteiger partial charge in [0, 0.05) is 16.3 Å². The fourth-order valence-corrected chi connectivity index (χ4v) is 3.58. The maximum Gasteiger partial charge on any atom is 0.293 e. The number of furan rings is 1. The molecule has 0 aliphatic heterocycles. The lowest BCUT2D eigenvalue weighted by molar-refractivity contribution is 0.0951. The number of thiocarbonyl (C=S) groups is 1. The van der Waals surface area contributed by atoms with E-state index in [9.17, 15) is 13.2 Å². The summed E-state index contributed by atoms with van der Waals surface area (Å²) in [5.74, 6) is -0.144. The highest BCUT2D eigenvalue weighted by Crippen LogP contribution is 2.31. The van der Waals surface area contributed by atoms with Gasteiger partial charge in [0.25, 0.3) is 5.91 Å². The predicted octanol–water partition coefficient (Wildman–Crippen LogP) is 4.03. The molecule has 0 aliphatic rings. The SMILES string of the molecule is NS(=O)(=O)c1ccc(NC(=S)NC(=O)c2ccc(-c3ccc(Cl)cc3Cl)o2)cc1. The highest BCUT2D eigenvalue weighted by Gasteiger charge is 2.15. The van der Waals surface area contributed by atoms with Crippen LogP contribution >= 0.6 is 35.4 Å². The van der Waals surface area contributed by atoms with Crippen LogP contribution in [-0.4, -0.2) is 19.4 Å². The maximum absolute atomic E-state index is 12.3. The molecule has 3 rings (SSSR count). The standard InChI is InChI=1S/C18H13Cl2N3O4S2/c19-10-1-6-13(14(20)9-10)15-7-8-16(27-15)17(24)23-18(28)22-11-2-4-12(5-3-11)29(21,25)26/h1-9H,(H2,21,25,26)(H2,22,23,24,28). The molecule has 0 atom stereocenters. The minimum atomic E-state index is -3.79. The summed E-state index contributed by atoms with van der Waals surface area (Å²) in [7, 11) is -3.79. The molecule has 0 spiro atoms. The number of benzene rings is 2. The van der Waals surface area contributed by atoms with Gasteiger partial charge in [-0.05, 0) is 66.8 Å². The molecule has 0 radical (unpaired) electrons. The molecular weight excluding hydrogens is 457 g/mol. The first-order chi connectivity index (χ1) is 13.6. The molecule has 0 saturated heterocycles. The third-order valence-corrected chi connectivity index (χ3v) is 5.38. The summed E-state index contributed by atoms with van der Waals surface area (Å²) < 4.78 is 28.1. The van der Waals surface area contributed by atoms with Crippen molar-refractivity contribution in [2.75, 3.05) is 5.32 Å². The number of hydrogen-bond acceptors (Lipinski definition) is 5.